The van der Waals surface area contributed by atoms with E-state index in [0.717, 1.165) is 0 Å². The molecule has 1 N–H and O–H groups in total. The largest absolute Gasteiger partial charge is 0.445 e. The van der Waals surface area contributed by atoms with Gasteiger partial charge in [-0.2, -0.15) is 18.2 Å². The molecule has 6 nitrogen and oxygen atoms in total. The van der Waals surface area contributed by atoms with E-state index >= 15 is 0 Å². The van der Waals surface area contributed by atoms with Crippen molar-refractivity contribution in [2.75, 3.05) is 11.9 Å². The molecule has 2 rings (SSSR count). The fourth-order valence-electron chi connectivity index (χ4n) is 0.992. The van der Waals surface area contributed by atoms with Crippen LogP contribution in [0.1, 0.15) is 10.9 Å². The summed E-state index contributed by atoms with van der Waals surface area (Å²) in [4.78, 5) is 3.76. The van der Waals surface area contributed by atoms with E-state index in [-0.39, 0.29) is 5.13 Å². The Bertz CT molecular complexity index is 468. The predicted molar refractivity (Wildman–Crippen MR) is 51.4 cm³/mol. The molecule has 0 aliphatic heterocycles. The second-order valence-corrected chi connectivity index (χ2v) is 3.90. The molecule has 0 aliphatic rings. The Labute approximate surface area is 96.9 Å². The lowest BCUT2D eigenvalue weighted by Crippen LogP contribution is -2.04. The van der Waals surface area contributed by atoms with Gasteiger partial charge in [0.25, 0.3) is 0 Å². The second kappa shape index (κ2) is 4.65. The molecule has 92 valence electrons. The summed E-state index contributed by atoms with van der Waals surface area (Å²) in [6.45, 7) is 0.342. The van der Waals surface area contributed by atoms with Crippen molar-refractivity contribution in [2.24, 2.45) is 0 Å². The van der Waals surface area contributed by atoms with Crippen molar-refractivity contribution in [1.82, 2.24) is 20.3 Å². The third-order valence-electron chi connectivity index (χ3n) is 1.69. The smallest absolute Gasteiger partial charge is 0.360 e. The maximum atomic E-state index is 12.2. The number of nitrogens with zero attached hydrogens (tertiary/aromatic N) is 4. The highest BCUT2D eigenvalue weighted by Gasteiger charge is 2.35. The SMILES string of the molecule is FC(F)(F)c1nnc(NCCc2ncno2)s1. The highest BCUT2D eigenvalue weighted by molar-refractivity contribution is 7.15. The van der Waals surface area contributed by atoms with E-state index in [2.05, 4.69) is 25.7 Å². The molecule has 10 heteroatoms. The van der Waals surface area contributed by atoms with Gasteiger partial charge >= 0.3 is 6.18 Å². The van der Waals surface area contributed by atoms with E-state index in [1.54, 1.807) is 0 Å². The van der Waals surface area contributed by atoms with Crippen molar-refractivity contribution in [3.63, 3.8) is 0 Å². The van der Waals surface area contributed by atoms with Gasteiger partial charge in [-0.15, -0.1) is 10.2 Å². The van der Waals surface area contributed by atoms with Gasteiger partial charge in [-0.1, -0.05) is 16.5 Å². The predicted octanol–water partition coefficient (Wildman–Crippen LogP) is 1.59. The first-order chi connectivity index (χ1) is 8.05. The topological polar surface area (TPSA) is 76.7 Å². The lowest BCUT2D eigenvalue weighted by molar-refractivity contribution is -0.138. The fourth-order valence-corrected chi connectivity index (χ4v) is 1.63. The molecular weight excluding hydrogens is 259 g/mol. The standard InChI is InChI=1S/C7H6F3N5OS/c8-7(9,10)5-14-15-6(17-5)11-2-1-4-12-3-13-16-4/h3H,1-2H2,(H,11,15). The van der Waals surface area contributed by atoms with E-state index in [4.69, 9.17) is 4.52 Å². The minimum atomic E-state index is -4.45. The molecule has 0 aliphatic carbocycles. The number of anilines is 1. The van der Waals surface area contributed by atoms with Crippen molar-refractivity contribution in [3.05, 3.63) is 17.2 Å². The van der Waals surface area contributed by atoms with Crippen LogP contribution in [0.25, 0.3) is 0 Å². The summed E-state index contributed by atoms with van der Waals surface area (Å²) in [6.07, 6.45) is -2.80. The zero-order chi connectivity index (χ0) is 12.3. The summed E-state index contributed by atoms with van der Waals surface area (Å²) in [7, 11) is 0. The van der Waals surface area contributed by atoms with Crippen molar-refractivity contribution in [2.45, 2.75) is 12.6 Å². The van der Waals surface area contributed by atoms with Gasteiger partial charge < -0.3 is 9.84 Å². The Balaban J connectivity index is 1.85. The quantitative estimate of drug-likeness (QED) is 0.904. The van der Waals surface area contributed by atoms with Crippen LogP contribution in [-0.4, -0.2) is 26.9 Å². The van der Waals surface area contributed by atoms with Crippen molar-refractivity contribution < 1.29 is 17.7 Å². The molecule has 0 radical (unpaired) electrons. The van der Waals surface area contributed by atoms with Gasteiger partial charge in [0.05, 0.1) is 0 Å². The van der Waals surface area contributed by atoms with Gasteiger partial charge in [0.2, 0.25) is 16.0 Å². The van der Waals surface area contributed by atoms with E-state index in [1.807, 2.05) is 0 Å². The number of alkyl halides is 3. The summed E-state index contributed by atoms with van der Waals surface area (Å²) in [5.74, 6) is 0.401. The van der Waals surface area contributed by atoms with E-state index < -0.39 is 11.2 Å². The molecular formula is C7H6F3N5OS. The van der Waals surface area contributed by atoms with E-state index in [0.29, 0.717) is 30.2 Å². The third kappa shape index (κ3) is 3.12. The normalized spacial score (nSPS) is 11.7. The Morgan fingerprint density at radius 3 is 2.76 bits per heavy atom. The molecule has 0 unspecified atom stereocenters. The van der Waals surface area contributed by atoms with Crippen molar-refractivity contribution in [1.29, 1.82) is 0 Å². The maximum Gasteiger partial charge on any atom is 0.445 e. The maximum absolute atomic E-state index is 12.2. The van der Waals surface area contributed by atoms with Crippen LogP contribution in [-0.2, 0) is 12.6 Å². The minimum absolute atomic E-state index is 0.108. The lowest BCUT2D eigenvalue weighted by atomic mass is 10.4. The molecule has 0 amide bonds. The number of hydrogen-bond donors (Lipinski definition) is 1. The van der Waals surface area contributed by atoms with Crippen LogP contribution in [0.3, 0.4) is 0 Å². The summed E-state index contributed by atoms with van der Waals surface area (Å²) in [5.41, 5.74) is 0. The summed E-state index contributed by atoms with van der Waals surface area (Å²) < 4.78 is 41.3. The molecule has 2 aromatic heterocycles. The Hall–Kier alpha value is -1.71. The van der Waals surface area contributed by atoms with Crippen LogP contribution >= 0.6 is 11.3 Å². The average molecular weight is 265 g/mol. The van der Waals surface area contributed by atoms with E-state index in [1.165, 1.54) is 6.33 Å². The fraction of sp³-hybridized carbons (Fsp3) is 0.429. The number of aromatic nitrogens is 4. The minimum Gasteiger partial charge on any atom is -0.360 e. The monoisotopic (exact) mass is 265 g/mol. The van der Waals surface area contributed by atoms with Gasteiger partial charge in [0, 0.05) is 13.0 Å². The zero-order valence-electron chi connectivity index (χ0n) is 8.23. The van der Waals surface area contributed by atoms with Crippen molar-refractivity contribution in [3.8, 4) is 0 Å². The number of rotatable bonds is 4. The van der Waals surface area contributed by atoms with Gasteiger partial charge in [-0.25, -0.2) is 0 Å². The molecule has 0 saturated heterocycles. The molecule has 0 fully saturated rings. The van der Waals surface area contributed by atoms with Crippen molar-refractivity contribution >= 4 is 16.5 Å². The van der Waals surface area contributed by atoms with Crippen LogP contribution < -0.4 is 5.32 Å². The van der Waals surface area contributed by atoms with Crippen LogP contribution in [0.5, 0.6) is 0 Å². The number of nitrogens with one attached hydrogen (secondary N) is 1. The Morgan fingerprint density at radius 2 is 2.18 bits per heavy atom. The molecule has 0 atom stereocenters. The molecule has 0 aromatic carbocycles. The van der Waals surface area contributed by atoms with Gasteiger partial charge in [0.15, 0.2) is 6.33 Å². The molecule has 2 heterocycles. The third-order valence-corrected chi connectivity index (χ3v) is 2.62. The Morgan fingerprint density at radius 1 is 1.35 bits per heavy atom. The van der Waals surface area contributed by atoms with Gasteiger partial charge in [-0.3, -0.25) is 0 Å². The second-order valence-electron chi connectivity index (χ2n) is 2.92. The molecule has 0 spiro atoms. The van der Waals surface area contributed by atoms with Gasteiger partial charge in [0.1, 0.15) is 0 Å². The lowest BCUT2D eigenvalue weighted by Gasteiger charge is -1.99. The first-order valence-electron chi connectivity index (χ1n) is 4.46. The van der Waals surface area contributed by atoms with Crippen LogP contribution in [0.2, 0.25) is 0 Å². The van der Waals surface area contributed by atoms with Crippen LogP contribution in [0.15, 0.2) is 10.9 Å². The summed E-state index contributed by atoms with van der Waals surface area (Å²) >= 11 is 0.452. The molecule has 0 bridgehead atoms. The molecule has 17 heavy (non-hydrogen) atoms. The average Bonchev–Trinajstić information content (AvgIpc) is 2.86. The Kier molecular flexibility index (Phi) is 3.22. The number of hydrogen-bond acceptors (Lipinski definition) is 7. The molecule has 0 saturated carbocycles. The first-order valence-corrected chi connectivity index (χ1v) is 5.27. The zero-order valence-corrected chi connectivity index (χ0v) is 9.05. The van der Waals surface area contributed by atoms with E-state index in [9.17, 15) is 13.2 Å². The summed E-state index contributed by atoms with van der Waals surface area (Å²) in [6, 6.07) is 0. The van der Waals surface area contributed by atoms with Gasteiger partial charge in [-0.05, 0) is 0 Å². The summed E-state index contributed by atoms with van der Waals surface area (Å²) in [5, 5.41) is 11.6. The van der Waals surface area contributed by atoms with Crippen LogP contribution in [0.4, 0.5) is 18.3 Å². The molecule has 2 aromatic rings. The number of halogens is 3. The first kappa shape index (κ1) is 11.8. The highest BCUT2D eigenvalue weighted by Crippen LogP contribution is 2.32. The highest BCUT2D eigenvalue weighted by atomic mass is 32.1. The van der Waals surface area contributed by atoms with Crippen LogP contribution in [0, 0.1) is 0 Å².